The van der Waals surface area contributed by atoms with Gasteiger partial charge in [-0.2, -0.15) is 4.98 Å². The lowest BCUT2D eigenvalue weighted by Crippen LogP contribution is -2.42. The van der Waals surface area contributed by atoms with Crippen LogP contribution in [0, 0.1) is 0 Å². The zero-order valence-corrected chi connectivity index (χ0v) is 17.1. The molecule has 1 aromatic heterocycles. The molecule has 0 saturated heterocycles. The maximum Gasteiger partial charge on any atom is 0.407 e. The van der Waals surface area contributed by atoms with Gasteiger partial charge in [-0.15, -0.1) is 0 Å². The number of nitrogens with zero attached hydrogens (tertiary/aromatic N) is 3. The molecule has 0 spiro atoms. The number of nitrogens with one attached hydrogen (secondary N) is 3. The van der Waals surface area contributed by atoms with Crippen molar-refractivity contribution in [1.29, 1.82) is 0 Å². The molecule has 0 saturated carbocycles. The maximum absolute atomic E-state index is 11.6. The van der Waals surface area contributed by atoms with Crippen LogP contribution in [0.25, 0.3) is 11.4 Å². The molecule has 28 heavy (non-hydrogen) atoms. The van der Waals surface area contributed by atoms with E-state index >= 15 is 0 Å². The van der Waals surface area contributed by atoms with Gasteiger partial charge in [-0.3, -0.25) is 4.99 Å². The van der Waals surface area contributed by atoms with Crippen molar-refractivity contribution in [2.24, 2.45) is 4.99 Å². The van der Waals surface area contributed by atoms with Crippen LogP contribution in [0.1, 0.15) is 26.7 Å². The second-order valence-electron chi connectivity index (χ2n) is 6.80. The minimum Gasteiger partial charge on any atom is -0.444 e. The highest BCUT2D eigenvalue weighted by Gasteiger charge is 2.15. The van der Waals surface area contributed by atoms with E-state index in [-0.39, 0.29) is 0 Å². The van der Waals surface area contributed by atoms with Gasteiger partial charge in [0.15, 0.2) is 5.96 Å². The molecular weight excluding hydrogens is 384 g/mol. The summed E-state index contributed by atoms with van der Waals surface area (Å²) in [6.45, 7) is 6.59. The second-order valence-corrected chi connectivity index (χ2v) is 7.24. The number of aromatic nitrogens is 2. The van der Waals surface area contributed by atoms with Crippen molar-refractivity contribution in [1.82, 2.24) is 26.1 Å². The van der Waals surface area contributed by atoms with E-state index in [2.05, 4.69) is 31.1 Å². The Bertz CT molecular complexity index is 816. The Balaban J connectivity index is 1.75. The Morgan fingerprint density at radius 2 is 2.00 bits per heavy atom. The molecule has 1 heterocycles. The van der Waals surface area contributed by atoms with Gasteiger partial charge < -0.3 is 25.2 Å². The number of halogens is 1. The number of aliphatic imine (C=N–C) groups is 1. The lowest BCUT2D eigenvalue weighted by atomic mass is 10.2. The van der Waals surface area contributed by atoms with Crippen LogP contribution >= 0.6 is 11.6 Å². The van der Waals surface area contributed by atoms with Crippen LogP contribution in [0.3, 0.4) is 0 Å². The van der Waals surface area contributed by atoms with E-state index in [0.717, 1.165) is 5.56 Å². The summed E-state index contributed by atoms with van der Waals surface area (Å²) in [5.74, 6) is 1.40. The van der Waals surface area contributed by atoms with Crippen LogP contribution in [-0.4, -0.2) is 47.9 Å². The van der Waals surface area contributed by atoms with Crippen LogP contribution in [0.4, 0.5) is 4.79 Å². The molecule has 0 bridgehead atoms. The number of hydrogen-bond acceptors (Lipinski definition) is 6. The Morgan fingerprint density at radius 3 is 2.68 bits per heavy atom. The lowest BCUT2D eigenvalue weighted by Gasteiger charge is -2.19. The summed E-state index contributed by atoms with van der Waals surface area (Å²) < 4.78 is 10.4. The smallest absolute Gasteiger partial charge is 0.407 e. The third kappa shape index (κ3) is 7.43. The highest BCUT2D eigenvalue weighted by atomic mass is 35.5. The van der Waals surface area contributed by atoms with Crippen LogP contribution in [0.2, 0.25) is 5.02 Å². The number of ether oxygens (including phenoxy) is 1. The van der Waals surface area contributed by atoms with E-state index in [0.29, 0.717) is 42.3 Å². The molecule has 0 aliphatic heterocycles. The first-order valence-corrected chi connectivity index (χ1v) is 9.14. The van der Waals surface area contributed by atoms with Gasteiger partial charge in [-0.25, -0.2) is 4.79 Å². The molecule has 10 heteroatoms. The summed E-state index contributed by atoms with van der Waals surface area (Å²) in [5.41, 5.74) is 0.251. The summed E-state index contributed by atoms with van der Waals surface area (Å²) in [6.07, 6.45) is -0.461. The Labute approximate surface area is 168 Å². The zero-order valence-electron chi connectivity index (χ0n) is 16.4. The molecular formula is C18H25ClN6O3. The molecule has 0 radical (unpaired) electrons. The lowest BCUT2D eigenvalue weighted by molar-refractivity contribution is 0.0529. The van der Waals surface area contributed by atoms with E-state index in [1.54, 1.807) is 19.2 Å². The number of amides is 1. The summed E-state index contributed by atoms with van der Waals surface area (Å²) >= 11 is 5.98. The second kappa shape index (κ2) is 9.93. The SMILES string of the molecule is CN=C(NCCNC(=O)OC(C)(C)C)NCc1nc(-c2cccc(Cl)c2)no1. The van der Waals surface area contributed by atoms with Gasteiger partial charge in [-0.05, 0) is 32.9 Å². The van der Waals surface area contributed by atoms with Gasteiger partial charge in [0, 0.05) is 30.7 Å². The van der Waals surface area contributed by atoms with Crippen LogP contribution in [0.15, 0.2) is 33.8 Å². The number of rotatable bonds is 6. The van der Waals surface area contributed by atoms with Crippen molar-refractivity contribution in [3.8, 4) is 11.4 Å². The number of guanidine groups is 1. The Morgan fingerprint density at radius 1 is 1.25 bits per heavy atom. The first kappa shape index (κ1) is 21.5. The first-order valence-electron chi connectivity index (χ1n) is 8.77. The van der Waals surface area contributed by atoms with Gasteiger partial charge in [0.25, 0.3) is 0 Å². The number of hydrogen-bond donors (Lipinski definition) is 3. The molecule has 3 N–H and O–H groups in total. The van der Waals surface area contributed by atoms with Crippen LogP contribution < -0.4 is 16.0 Å². The summed E-state index contributed by atoms with van der Waals surface area (Å²) in [4.78, 5) is 20.0. The van der Waals surface area contributed by atoms with Crippen molar-refractivity contribution >= 4 is 23.7 Å². The number of alkyl carbamates (subject to hydrolysis) is 1. The standard InChI is InChI=1S/C18H25ClN6O3/c1-18(2,3)27-17(26)22-9-8-21-16(20-4)23-11-14-24-15(25-28-14)12-6-5-7-13(19)10-12/h5-7,10H,8-9,11H2,1-4H3,(H,22,26)(H2,20,21,23). The minimum atomic E-state index is -0.525. The quantitative estimate of drug-likeness (QED) is 0.382. The predicted molar refractivity (Wildman–Crippen MR) is 107 cm³/mol. The predicted octanol–water partition coefficient (Wildman–Crippen LogP) is 2.58. The molecule has 0 atom stereocenters. The highest BCUT2D eigenvalue weighted by molar-refractivity contribution is 6.30. The largest absolute Gasteiger partial charge is 0.444 e. The highest BCUT2D eigenvalue weighted by Crippen LogP contribution is 2.19. The maximum atomic E-state index is 11.6. The fraction of sp³-hybridized carbons (Fsp3) is 0.444. The number of carbonyl (C=O) groups is 1. The minimum absolute atomic E-state index is 0.298. The summed E-state index contributed by atoms with van der Waals surface area (Å²) in [7, 11) is 1.64. The van der Waals surface area contributed by atoms with Crippen LogP contribution in [-0.2, 0) is 11.3 Å². The number of benzene rings is 1. The first-order chi connectivity index (χ1) is 13.3. The van der Waals surface area contributed by atoms with Crippen molar-refractivity contribution in [3.63, 3.8) is 0 Å². The van der Waals surface area contributed by atoms with Crippen molar-refractivity contribution < 1.29 is 14.1 Å². The van der Waals surface area contributed by atoms with Crippen molar-refractivity contribution in [2.75, 3.05) is 20.1 Å². The van der Waals surface area contributed by atoms with Gasteiger partial charge >= 0.3 is 6.09 Å². The van der Waals surface area contributed by atoms with E-state index in [1.807, 2.05) is 32.9 Å². The van der Waals surface area contributed by atoms with Gasteiger partial charge in [-0.1, -0.05) is 28.9 Å². The van der Waals surface area contributed by atoms with E-state index < -0.39 is 11.7 Å². The average Bonchev–Trinajstić information content (AvgIpc) is 3.08. The molecule has 0 fully saturated rings. The fourth-order valence-corrected chi connectivity index (χ4v) is 2.30. The zero-order chi connectivity index (χ0) is 20.6. The van der Waals surface area contributed by atoms with Crippen molar-refractivity contribution in [3.05, 3.63) is 35.2 Å². The third-order valence-corrected chi connectivity index (χ3v) is 3.50. The summed E-state index contributed by atoms with van der Waals surface area (Å²) in [5, 5.41) is 13.3. The molecule has 0 aliphatic rings. The van der Waals surface area contributed by atoms with Crippen molar-refractivity contribution in [2.45, 2.75) is 32.9 Å². The Kier molecular flexibility index (Phi) is 7.62. The summed E-state index contributed by atoms with van der Waals surface area (Å²) in [6, 6.07) is 7.22. The molecule has 9 nitrogen and oxygen atoms in total. The monoisotopic (exact) mass is 408 g/mol. The van der Waals surface area contributed by atoms with E-state index in [4.69, 9.17) is 20.9 Å². The number of carbonyl (C=O) groups excluding carboxylic acids is 1. The molecule has 1 aromatic carbocycles. The third-order valence-electron chi connectivity index (χ3n) is 3.27. The van der Waals surface area contributed by atoms with Gasteiger partial charge in [0.2, 0.25) is 11.7 Å². The van der Waals surface area contributed by atoms with E-state index in [9.17, 15) is 4.79 Å². The normalized spacial score (nSPS) is 11.8. The topological polar surface area (TPSA) is 114 Å². The van der Waals surface area contributed by atoms with Gasteiger partial charge in [0.1, 0.15) is 5.60 Å². The molecule has 2 aromatic rings. The fourth-order valence-electron chi connectivity index (χ4n) is 2.11. The molecule has 1 amide bonds. The molecule has 152 valence electrons. The average molecular weight is 409 g/mol. The molecule has 0 aliphatic carbocycles. The van der Waals surface area contributed by atoms with E-state index in [1.165, 1.54) is 0 Å². The molecule has 2 rings (SSSR count). The Hall–Kier alpha value is -2.81. The van der Waals surface area contributed by atoms with Gasteiger partial charge in [0.05, 0.1) is 6.54 Å². The molecule has 0 unspecified atom stereocenters. The van der Waals surface area contributed by atoms with Crippen LogP contribution in [0.5, 0.6) is 0 Å².